The molecule has 0 bridgehead atoms. The summed E-state index contributed by atoms with van der Waals surface area (Å²) in [7, 11) is 0. The molecule has 0 aliphatic heterocycles. The van der Waals surface area contributed by atoms with Crippen molar-refractivity contribution in [2.24, 2.45) is 0 Å². The molecule has 82 valence electrons. The molecule has 0 aromatic rings. The van der Waals surface area contributed by atoms with E-state index in [1.165, 1.54) is 0 Å². The lowest BCUT2D eigenvalue weighted by atomic mass is 10.2. The number of hydrogen-bond donors (Lipinski definition) is 0. The SMILES string of the molecule is C=C(CC(=O)OCC)CN(CC)CC. The highest BCUT2D eigenvalue weighted by atomic mass is 16.5. The van der Waals surface area contributed by atoms with E-state index in [0.717, 1.165) is 25.2 Å². The fourth-order valence-corrected chi connectivity index (χ4v) is 1.24. The van der Waals surface area contributed by atoms with Crippen molar-refractivity contribution in [2.75, 3.05) is 26.2 Å². The zero-order valence-corrected chi connectivity index (χ0v) is 9.51. The summed E-state index contributed by atoms with van der Waals surface area (Å²) in [6, 6.07) is 0. The molecule has 0 heterocycles. The predicted octanol–water partition coefficient (Wildman–Crippen LogP) is 1.84. The maximum Gasteiger partial charge on any atom is 0.309 e. The number of esters is 1. The number of likely N-dealkylation sites (N-methyl/N-ethyl adjacent to an activating group) is 1. The third-order valence-electron chi connectivity index (χ3n) is 2.04. The van der Waals surface area contributed by atoms with Crippen LogP contribution in [0.15, 0.2) is 12.2 Å². The average Bonchev–Trinajstić information content (AvgIpc) is 2.14. The summed E-state index contributed by atoms with van der Waals surface area (Å²) in [6.07, 6.45) is 0.338. The monoisotopic (exact) mass is 199 g/mol. The minimum Gasteiger partial charge on any atom is -0.466 e. The molecule has 0 atom stereocenters. The summed E-state index contributed by atoms with van der Waals surface area (Å²) >= 11 is 0. The van der Waals surface area contributed by atoms with Gasteiger partial charge in [-0.2, -0.15) is 0 Å². The number of nitrogens with zero attached hydrogens (tertiary/aromatic N) is 1. The third kappa shape index (κ3) is 5.75. The van der Waals surface area contributed by atoms with Crippen LogP contribution in [0.4, 0.5) is 0 Å². The predicted molar refractivity (Wildman–Crippen MR) is 58.2 cm³/mol. The van der Waals surface area contributed by atoms with E-state index in [9.17, 15) is 4.79 Å². The molecule has 0 aromatic carbocycles. The van der Waals surface area contributed by atoms with Crippen molar-refractivity contribution in [3.05, 3.63) is 12.2 Å². The van der Waals surface area contributed by atoms with Gasteiger partial charge in [-0.05, 0) is 20.0 Å². The van der Waals surface area contributed by atoms with Crippen molar-refractivity contribution in [1.82, 2.24) is 4.90 Å². The van der Waals surface area contributed by atoms with Gasteiger partial charge in [0.2, 0.25) is 0 Å². The van der Waals surface area contributed by atoms with E-state index < -0.39 is 0 Å². The van der Waals surface area contributed by atoms with E-state index in [-0.39, 0.29) is 5.97 Å². The van der Waals surface area contributed by atoms with E-state index in [1.54, 1.807) is 0 Å². The van der Waals surface area contributed by atoms with Gasteiger partial charge in [0, 0.05) is 6.54 Å². The number of ether oxygens (including phenoxy) is 1. The van der Waals surface area contributed by atoms with Crippen molar-refractivity contribution in [1.29, 1.82) is 0 Å². The Morgan fingerprint density at radius 2 is 1.86 bits per heavy atom. The van der Waals surface area contributed by atoms with Crippen molar-refractivity contribution in [2.45, 2.75) is 27.2 Å². The van der Waals surface area contributed by atoms with Crippen LogP contribution in [0.3, 0.4) is 0 Å². The van der Waals surface area contributed by atoms with Crippen LogP contribution in [0.5, 0.6) is 0 Å². The quantitative estimate of drug-likeness (QED) is 0.463. The molecule has 0 aliphatic rings. The Hall–Kier alpha value is -0.830. The topological polar surface area (TPSA) is 29.5 Å². The summed E-state index contributed by atoms with van der Waals surface area (Å²) in [5, 5.41) is 0. The van der Waals surface area contributed by atoms with Crippen LogP contribution < -0.4 is 0 Å². The highest BCUT2D eigenvalue weighted by Crippen LogP contribution is 2.03. The van der Waals surface area contributed by atoms with Crippen LogP contribution in [0.25, 0.3) is 0 Å². The van der Waals surface area contributed by atoms with E-state index in [4.69, 9.17) is 4.74 Å². The number of carbonyl (C=O) groups excluding carboxylic acids is 1. The van der Waals surface area contributed by atoms with Crippen molar-refractivity contribution < 1.29 is 9.53 Å². The third-order valence-corrected chi connectivity index (χ3v) is 2.04. The smallest absolute Gasteiger partial charge is 0.309 e. The van der Waals surface area contributed by atoms with Crippen LogP contribution in [-0.2, 0) is 9.53 Å². The zero-order valence-electron chi connectivity index (χ0n) is 9.51. The lowest BCUT2D eigenvalue weighted by Gasteiger charge is -2.18. The molecule has 3 heteroatoms. The second-order valence-corrected chi connectivity index (χ2v) is 3.19. The van der Waals surface area contributed by atoms with Gasteiger partial charge in [0.05, 0.1) is 13.0 Å². The Balaban J connectivity index is 3.79. The zero-order chi connectivity index (χ0) is 11.0. The molecule has 0 spiro atoms. The van der Waals surface area contributed by atoms with E-state index in [2.05, 4.69) is 25.3 Å². The Morgan fingerprint density at radius 3 is 2.29 bits per heavy atom. The molecule has 0 rings (SSSR count). The first-order valence-electron chi connectivity index (χ1n) is 5.18. The molecule has 0 aromatic heterocycles. The van der Waals surface area contributed by atoms with Crippen LogP contribution >= 0.6 is 0 Å². The number of carbonyl (C=O) groups is 1. The molecular weight excluding hydrogens is 178 g/mol. The lowest BCUT2D eigenvalue weighted by molar-refractivity contribution is -0.142. The van der Waals surface area contributed by atoms with Crippen molar-refractivity contribution in [3.8, 4) is 0 Å². The summed E-state index contributed by atoms with van der Waals surface area (Å²) in [5.41, 5.74) is 0.923. The maximum absolute atomic E-state index is 11.1. The van der Waals surface area contributed by atoms with Gasteiger partial charge in [0.25, 0.3) is 0 Å². The van der Waals surface area contributed by atoms with Gasteiger partial charge in [-0.3, -0.25) is 9.69 Å². The maximum atomic E-state index is 11.1. The summed E-state index contributed by atoms with van der Waals surface area (Å²) in [6.45, 7) is 13.1. The molecule has 0 amide bonds. The molecule has 14 heavy (non-hydrogen) atoms. The largest absolute Gasteiger partial charge is 0.466 e. The van der Waals surface area contributed by atoms with E-state index in [0.29, 0.717) is 13.0 Å². The first kappa shape index (κ1) is 13.2. The van der Waals surface area contributed by atoms with Crippen LogP contribution in [-0.4, -0.2) is 37.1 Å². The van der Waals surface area contributed by atoms with Crippen LogP contribution in [0.2, 0.25) is 0 Å². The van der Waals surface area contributed by atoms with Gasteiger partial charge in [-0.1, -0.05) is 26.0 Å². The first-order valence-corrected chi connectivity index (χ1v) is 5.18. The van der Waals surface area contributed by atoms with E-state index in [1.807, 2.05) is 6.92 Å². The highest BCUT2D eigenvalue weighted by Gasteiger charge is 2.07. The molecule has 3 nitrogen and oxygen atoms in total. The Morgan fingerprint density at radius 1 is 1.29 bits per heavy atom. The minimum atomic E-state index is -0.176. The van der Waals surface area contributed by atoms with Gasteiger partial charge < -0.3 is 4.74 Å². The summed E-state index contributed by atoms with van der Waals surface area (Å²) in [4.78, 5) is 13.3. The second-order valence-electron chi connectivity index (χ2n) is 3.19. The Labute approximate surface area is 86.7 Å². The van der Waals surface area contributed by atoms with Crippen LogP contribution in [0, 0.1) is 0 Å². The highest BCUT2D eigenvalue weighted by molar-refractivity contribution is 5.72. The molecule has 0 radical (unpaired) electrons. The van der Waals surface area contributed by atoms with Gasteiger partial charge in [0.15, 0.2) is 0 Å². The van der Waals surface area contributed by atoms with Crippen molar-refractivity contribution in [3.63, 3.8) is 0 Å². The Bertz CT molecular complexity index is 186. The molecular formula is C11H21NO2. The fourth-order valence-electron chi connectivity index (χ4n) is 1.24. The molecule has 0 N–H and O–H groups in total. The molecule has 0 saturated heterocycles. The first-order chi connectivity index (χ1) is 6.63. The molecule has 0 aliphatic carbocycles. The van der Waals surface area contributed by atoms with Gasteiger partial charge in [0.1, 0.15) is 0 Å². The van der Waals surface area contributed by atoms with Gasteiger partial charge >= 0.3 is 5.97 Å². The average molecular weight is 199 g/mol. The van der Waals surface area contributed by atoms with E-state index >= 15 is 0 Å². The number of rotatable bonds is 7. The number of hydrogen-bond acceptors (Lipinski definition) is 3. The summed E-state index contributed by atoms with van der Waals surface area (Å²) < 4.78 is 4.84. The van der Waals surface area contributed by atoms with Gasteiger partial charge in [-0.25, -0.2) is 0 Å². The summed E-state index contributed by atoms with van der Waals surface area (Å²) in [5.74, 6) is -0.176. The second kappa shape index (κ2) is 7.56. The molecule has 0 fully saturated rings. The van der Waals surface area contributed by atoms with Crippen molar-refractivity contribution >= 4 is 5.97 Å². The van der Waals surface area contributed by atoms with Crippen LogP contribution in [0.1, 0.15) is 27.2 Å². The molecule has 0 saturated carbocycles. The standard InChI is InChI=1S/C11H21NO2/c1-5-12(6-2)9-10(4)8-11(13)14-7-3/h4-9H2,1-3H3. The fraction of sp³-hybridized carbons (Fsp3) is 0.727. The lowest BCUT2D eigenvalue weighted by Crippen LogP contribution is -2.25. The molecule has 0 unspecified atom stereocenters. The van der Waals surface area contributed by atoms with Gasteiger partial charge in [-0.15, -0.1) is 0 Å². The minimum absolute atomic E-state index is 0.176. The normalized spacial score (nSPS) is 10.3. The Kier molecular flexibility index (Phi) is 7.11.